The van der Waals surface area contributed by atoms with E-state index in [4.69, 9.17) is 0 Å². The summed E-state index contributed by atoms with van der Waals surface area (Å²) in [5.41, 5.74) is 2.83. The first-order valence-electron chi connectivity index (χ1n) is 5.85. The zero-order valence-corrected chi connectivity index (χ0v) is 11.8. The van der Waals surface area contributed by atoms with Crippen LogP contribution in [-0.4, -0.2) is 21.6 Å². The van der Waals surface area contributed by atoms with Gasteiger partial charge in [0.25, 0.3) is 11.6 Å². The van der Waals surface area contributed by atoms with Crippen molar-refractivity contribution in [2.45, 2.75) is 6.92 Å². The smallest absolute Gasteiger partial charge is 0.280 e. The van der Waals surface area contributed by atoms with Crippen LogP contribution in [0.3, 0.4) is 0 Å². The first-order valence-corrected chi connectivity index (χ1v) is 6.73. The number of nitrogens with one attached hydrogen (secondary N) is 1. The molecule has 0 saturated heterocycles. The fourth-order valence-corrected chi connectivity index (χ4v) is 2.33. The Morgan fingerprint density at radius 2 is 2.14 bits per heavy atom. The van der Waals surface area contributed by atoms with E-state index in [2.05, 4.69) is 10.5 Å². The average molecular weight is 305 g/mol. The van der Waals surface area contributed by atoms with Crippen LogP contribution in [0.4, 0.5) is 5.69 Å². The first-order chi connectivity index (χ1) is 9.99. The Hall–Kier alpha value is -2.74. The Bertz CT molecular complexity index is 724. The van der Waals surface area contributed by atoms with Crippen LogP contribution >= 0.6 is 11.3 Å². The van der Waals surface area contributed by atoms with Crippen molar-refractivity contribution in [3.8, 4) is 5.75 Å². The number of rotatable bonds is 4. The highest BCUT2D eigenvalue weighted by molar-refractivity contribution is 7.12. The maximum Gasteiger partial charge on any atom is 0.280 e. The molecule has 7 nitrogen and oxygen atoms in total. The molecule has 0 aliphatic heterocycles. The van der Waals surface area contributed by atoms with Crippen molar-refractivity contribution in [3.05, 3.63) is 56.3 Å². The van der Waals surface area contributed by atoms with Crippen molar-refractivity contribution in [1.82, 2.24) is 5.43 Å². The van der Waals surface area contributed by atoms with Gasteiger partial charge in [0.1, 0.15) is 5.75 Å². The highest BCUT2D eigenvalue weighted by atomic mass is 32.1. The lowest BCUT2D eigenvalue weighted by Gasteiger charge is -2.03. The lowest BCUT2D eigenvalue weighted by Crippen LogP contribution is -2.19. The molecule has 108 valence electrons. The van der Waals surface area contributed by atoms with Gasteiger partial charge in [0.05, 0.1) is 26.5 Å². The summed E-state index contributed by atoms with van der Waals surface area (Å²) in [5.74, 6) is -0.701. The molecule has 0 spiro atoms. The number of para-hydroxylation sites is 1. The van der Waals surface area contributed by atoms with Gasteiger partial charge in [0.15, 0.2) is 0 Å². The molecule has 2 aromatic rings. The molecule has 1 aromatic heterocycles. The van der Waals surface area contributed by atoms with Crippen LogP contribution in [-0.2, 0) is 0 Å². The minimum Gasteiger partial charge on any atom is -0.507 e. The van der Waals surface area contributed by atoms with Crippen LogP contribution in [0, 0.1) is 10.1 Å². The van der Waals surface area contributed by atoms with Gasteiger partial charge in [0, 0.05) is 6.07 Å². The van der Waals surface area contributed by atoms with Crippen LogP contribution < -0.4 is 5.43 Å². The zero-order chi connectivity index (χ0) is 15.4. The molecule has 21 heavy (non-hydrogen) atoms. The molecular formula is C13H11N3O4S. The number of nitrogens with zero attached hydrogens (tertiary/aromatic N) is 2. The SMILES string of the molecule is C/C(=N/NC(=O)c1ccccc1O)c1cc([N+](=O)[O-])cs1. The summed E-state index contributed by atoms with van der Waals surface area (Å²) in [4.78, 5) is 22.5. The maximum absolute atomic E-state index is 11.8. The summed E-state index contributed by atoms with van der Waals surface area (Å²) < 4.78 is 0. The summed E-state index contributed by atoms with van der Waals surface area (Å²) in [6, 6.07) is 7.47. The fourth-order valence-electron chi connectivity index (χ4n) is 1.53. The van der Waals surface area contributed by atoms with E-state index in [0.717, 1.165) is 11.3 Å². The maximum atomic E-state index is 11.8. The van der Waals surface area contributed by atoms with Crippen molar-refractivity contribution in [2.24, 2.45) is 5.10 Å². The van der Waals surface area contributed by atoms with E-state index in [1.165, 1.54) is 23.6 Å². The molecule has 0 atom stereocenters. The third-order valence-electron chi connectivity index (χ3n) is 2.63. The summed E-state index contributed by atoms with van der Waals surface area (Å²) in [7, 11) is 0. The van der Waals surface area contributed by atoms with Crippen LogP contribution in [0.15, 0.2) is 40.8 Å². The number of phenolic OH excluding ortho intramolecular Hbond substituents is 1. The van der Waals surface area contributed by atoms with E-state index in [1.807, 2.05) is 0 Å². The highest BCUT2D eigenvalue weighted by Gasteiger charge is 2.12. The molecule has 2 rings (SSSR count). The summed E-state index contributed by atoms with van der Waals surface area (Å²) in [5, 5.41) is 25.4. The minimum absolute atomic E-state index is 0.0171. The van der Waals surface area contributed by atoms with Crippen molar-refractivity contribution in [1.29, 1.82) is 0 Å². The number of nitro groups is 1. The highest BCUT2D eigenvalue weighted by Crippen LogP contribution is 2.22. The van der Waals surface area contributed by atoms with E-state index in [0.29, 0.717) is 10.6 Å². The summed E-state index contributed by atoms with van der Waals surface area (Å²) >= 11 is 1.16. The molecule has 0 fully saturated rings. The van der Waals surface area contributed by atoms with Crippen molar-refractivity contribution >= 4 is 28.6 Å². The van der Waals surface area contributed by atoms with Gasteiger partial charge in [-0.05, 0) is 19.1 Å². The van der Waals surface area contributed by atoms with Gasteiger partial charge in [-0.1, -0.05) is 12.1 Å². The second kappa shape index (κ2) is 6.14. The second-order valence-corrected chi connectivity index (χ2v) is 4.99. The lowest BCUT2D eigenvalue weighted by atomic mass is 10.2. The van der Waals surface area contributed by atoms with Gasteiger partial charge in [-0.3, -0.25) is 14.9 Å². The predicted octanol–water partition coefficient (Wildman–Crippen LogP) is 2.52. The third-order valence-corrected chi connectivity index (χ3v) is 3.65. The molecular weight excluding hydrogens is 294 g/mol. The van der Waals surface area contributed by atoms with E-state index in [1.54, 1.807) is 19.1 Å². The number of hydrogen-bond donors (Lipinski definition) is 2. The van der Waals surface area contributed by atoms with Gasteiger partial charge in [0.2, 0.25) is 0 Å². The number of thiophene rings is 1. The largest absolute Gasteiger partial charge is 0.507 e. The molecule has 0 unspecified atom stereocenters. The number of carbonyl (C=O) groups is 1. The standard InChI is InChI=1S/C13H11N3O4S/c1-8(12-6-9(7-21-12)16(19)20)14-15-13(18)10-4-2-3-5-11(10)17/h2-7,17H,1H3,(H,15,18)/b14-8-. The lowest BCUT2D eigenvalue weighted by molar-refractivity contribution is -0.384. The van der Waals surface area contributed by atoms with Crippen LogP contribution in [0.5, 0.6) is 5.75 Å². The van der Waals surface area contributed by atoms with Crippen molar-refractivity contribution < 1.29 is 14.8 Å². The topological polar surface area (TPSA) is 105 Å². The molecule has 0 bridgehead atoms. The van der Waals surface area contributed by atoms with Crippen LogP contribution in [0.1, 0.15) is 22.2 Å². The minimum atomic E-state index is -0.557. The quantitative estimate of drug-likeness (QED) is 0.514. The van der Waals surface area contributed by atoms with Gasteiger partial charge >= 0.3 is 0 Å². The predicted molar refractivity (Wildman–Crippen MR) is 78.8 cm³/mol. The molecule has 1 amide bonds. The number of aromatic hydroxyl groups is 1. The van der Waals surface area contributed by atoms with Gasteiger partial charge in [-0.25, -0.2) is 5.43 Å². The number of hydrogen-bond acceptors (Lipinski definition) is 6. The summed E-state index contributed by atoms with van der Waals surface area (Å²) in [6.07, 6.45) is 0. The van der Waals surface area contributed by atoms with E-state index < -0.39 is 10.8 Å². The molecule has 0 radical (unpaired) electrons. The van der Waals surface area contributed by atoms with E-state index in [9.17, 15) is 20.0 Å². The number of carbonyl (C=O) groups excluding carboxylic acids is 1. The Morgan fingerprint density at radius 1 is 1.43 bits per heavy atom. The molecule has 8 heteroatoms. The van der Waals surface area contributed by atoms with Crippen LogP contribution in [0.2, 0.25) is 0 Å². The van der Waals surface area contributed by atoms with Gasteiger partial charge < -0.3 is 5.11 Å². The Balaban J connectivity index is 2.11. The van der Waals surface area contributed by atoms with E-state index in [-0.39, 0.29) is 17.0 Å². The van der Waals surface area contributed by atoms with E-state index >= 15 is 0 Å². The number of hydrazone groups is 1. The van der Waals surface area contributed by atoms with Gasteiger partial charge in [-0.2, -0.15) is 5.10 Å². The number of amides is 1. The van der Waals surface area contributed by atoms with Crippen molar-refractivity contribution in [2.75, 3.05) is 0 Å². The Kier molecular flexibility index (Phi) is 4.29. The second-order valence-electron chi connectivity index (χ2n) is 4.08. The normalized spacial score (nSPS) is 11.2. The zero-order valence-electron chi connectivity index (χ0n) is 10.9. The van der Waals surface area contributed by atoms with Crippen LogP contribution in [0.25, 0.3) is 0 Å². The molecule has 0 saturated carbocycles. The molecule has 1 aromatic carbocycles. The molecule has 0 aliphatic carbocycles. The molecule has 2 N–H and O–H groups in total. The number of benzene rings is 1. The first kappa shape index (κ1) is 14.7. The monoisotopic (exact) mass is 305 g/mol. The van der Waals surface area contributed by atoms with Crippen molar-refractivity contribution in [3.63, 3.8) is 0 Å². The third kappa shape index (κ3) is 3.42. The summed E-state index contributed by atoms with van der Waals surface area (Å²) in [6.45, 7) is 1.63. The molecule has 1 heterocycles. The fraction of sp³-hybridized carbons (Fsp3) is 0.0769. The molecule has 0 aliphatic rings. The average Bonchev–Trinajstić information content (AvgIpc) is 2.95. The van der Waals surface area contributed by atoms with Gasteiger partial charge in [-0.15, -0.1) is 11.3 Å². The Labute approximate surface area is 123 Å². The number of phenols is 1. The Morgan fingerprint density at radius 3 is 2.76 bits per heavy atom.